The molecule has 0 bridgehead atoms. The molecule has 0 radical (unpaired) electrons. The van der Waals surface area contributed by atoms with E-state index in [0.29, 0.717) is 30.6 Å². The molecule has 2 N–H and O–H groups in total. The van der Waals surface area contributed by atoms with Gasteiger partial charge in [-0.05, 0) is 31.9 Å². The first-order valence-electron chi connectivity index (χ1n) is 8.27. The molecule has 2 rings (SSSR count). The Hall–Kier alpha value is -1.96. The fraction of sp³-hybridized carbons (Fsp3) is 0.588. The van der Waals surface area contributed by atoms with E-state index in [4.69, 9.17) is 9.47 Å². The third kappa shape index (κ3) is 5.81. The Morgan fingerprint density at radius 2 is 2.04 bits per heavy atom. The molecule has 25 heavy (non-hydrogen) atoms. The van der Waals surface area contributed by atoms with Crippen LogP contribution in [-0.2, 0) is 9.84 Å². The number of benzene rings is 1. The number of rotatable bonds is 8. The zero-order valence-corrected chi connectivity index (χ0v) is 16.1. The van der Waals surface area contributed by atoms with Crippen molar-refractivity contribution in [1.29, 1.82) is 0 Å². The summed E-state index contributed by atoms with van der Waals surface area (Å²) in [5.41, 5.74) is 0.645. The predicted octanol–water partition coefficient (Wildman–Crippen LogP) is 1.91. The van der Waals surface area contributed by atoms with Gasteiger partial charge in [0.25, 0.3) is 0 Å². The standard InChI is InChI=1S/C17H27N3O4S/c1-5-24-15-10-13(6-7-14(15)23-3)20-16(18-2)19-11-17(8-9-17)12-25(4,21)22/h6-7,10H,5,8-9,11-12H2,1-4H3,(H2,18,19,20). The van der Waals surface area contributed by atoms with E-state index < -0.39 is 9.84 Å². The number of hydrogen-bond acceptors (Lipinski definition) is 5. The number of hydrogen-bond donors (Lipinski definition) is 2. The van der Waals surface area contributed by atoms with Crippen molar-refractivity contribution < 1.29 is 17.9 Å². The van der Waals surface area contributed by atoms with Crippen molar-refractivity contribution in [2.24, 2.45) is 10.4 Å². The summed E-state index contributed by atoms with van der Waals surface area (Å²) in [7, 11) is 0.295. The van der Waals surface area contributed by atoms with Crippen molar-refractivity contribution in [3.8, 4) is 11.5 Å². The average Bonchev–Trinajstić information content (AvgIpc) is 3.29. The molecular formula is C17H27N3O4S. The minimum atomic E-state index is -2.98. The van der Waals surface area contributed by atoms with Crippen molar-refractivity contribution in [2.45, 2.75) is 19.8 Å². The highest BCUT2D eigenvalue weighted by atomic mass is 32.2. The van der Waals surface area contributed by atoms with Gasteiger partial charge in [-0.3, -0.25) is 4.99 Å². The molecule has 1 aliphatic rings. The lowest BCUT2D eigenvalue weighted by Crippen LogP contribution is -2.37. The summed E-state index contributed by atoms with van der Waals surface area (Å²) < 4.78 is 34.0. The number of nitrogens with zero attached hydrogens (tertiary/aromatic N) is 1. The van der Waals surface area contributed by atoms with Gasteiger partial charge in [-0.25, -0.2) is 8.42 Å². The molecule has 0 heterocycles. The highest BCUT2D eigenvalue weighted by molar-refractivity contribution is 7.90. The van der Waals surface area contributed by atoms with Crippen LogP contribution in [0, 0.1) is 5.41 Å². The summed E-state index contributed by atoms with van der Waals surface area (Å²) in [5.74, 6) is 2.12. The van der Waals surface area contributed by atoms with E-state index >= 15 is 0 Å². The highest BCUT2D eigenvalue weighted by Crippen LogP contribution is 2.46. The van der Waals surface area contributed by atoms with Gasteiger partial charge in [0.05, 0.1) is 19.5 Å². The molecule has 0 amide bonds. The van der Waals surface area contributed by atoms with E-state index in [1.807, 2.05) is 25.1 Å². The second kappa shape index (κ2) is 7.95. The number of nitrogens with one attached hydrogen (secondary N) is 2. The third-order valence-corrected chi connectivity index (χ3v) is 5.24. The van der Waals surface area contributed by atoms with Crippen LogP contribution in [0.3, 0.4) is 0 Å². The summed E-state index contributed by atoms with van der Waals surface area (Å²) in [5, 5.41) is 6.42. The Kier molecular flexibility index (Phi) is 6.16. The first kappa shape index (κ1) is 19.4. The fourth-order valence-electron chi connectivity index (χ4n) is 2.71. The monoisotopic (exact) mass is 369 g/mol. The molecule has 7 nitrogen and oxygen atoms in total. The predicted molar refractivity (Wildman–Crippen MR) is 101 cm³/mol. The Bertz CT molecular complexity index is 727. The topological polar surface area (TPSA) is 89.0 Å². The van der Waals surface area contributed by atoms with Gasteiger partial charge in [0, 0.05) is 37.0 Å². The molecule has 0 atom stereocenters. The van der Waals surface area contributed by atoms with Crippen LogP contribution in [0.15, 0.2) is 23.2 Å². The van der Waals surface area contributed by atoms with Gasteiger partial charge in [-0.15, -0.1) is 0 Å². The van der Waals surface area contributed by atoms with Crippen LogP contribution in [0.5, 0.6) is 11.5 Å². The van der Waals surface area contributed by atoms with Crippen molar-refractivity contribution in [2.75, 3.05) is 44.6 Å². The lowest BCUT2D eigenvalue weighted by molar-refractivity contribution is 0.311. The van der Waals surface area contributed by atoms with E-state index in [1.54, 1.807) is 14.2 Å². The van der Waals surface area contributed by atoms with Gasteiger partial charge in [0.15, 0.2) is 17.5 Å². The first-order valence-corrected chi connectivity index (χ1v) is 10.3. The number of anilines is 1. The van der Waals surface area contributed by atoms with Crippen LogP contribution in [-0.4, -0.2) is 53.7 Å². The summed E-state index contributed by atoms with van der Waals surface area (Å²) in [6.07, 6.45) is 3.12. The molecule has 1 fully saturated rings. The van der Waals surface area contributed by atoms with Crippen LogP contribution in [0.4, 0.5) is 5.69 Å². The molecule has 1 aromatic rings. The number of guanidine groups is 1. The van der Waals surface area contributed by atoms with Gasteiger partial charge >= 0.3 is 0 Å². The quantitative estimate of drug-likeness (QED) is 0.537. The van der Waals surface area contributed by atoms with E-state index in [-0.39, 0.29) is 11.2 Å². The molecule has 0 saturated heterocycles. The Labute approximate surface area is 149 Å². The molecule has 0 spiro atoms. The minimum Gasteiger partial charge on any atom is -0.493 e. The molecule has 1 saturated carbocycles. The van der Waals surface area contributed by atoms with Crippen molar-refractivity contribution >= 4 is 21.5 Å². The highest BCUT2D eigenvalue weighted by Gasteiger charge is 2.45. The second-order valence-electron chi connectivity index (χ2n) is 6.42. The molecule has 1 aromatic carbocycles. The Balaban J connectivity index is 1.99. The first-order chi connectivity index (χ1) is 11.8. The summed E-state index contributed by atoms with van der Waals surface area (Å²) >= 11 is 0. The van der Waals surface area contributed by atoms with Crippen LogP contribution in [0.2, 0.25) is 0 Å². The van der Waals surface area contributed by atoms with E-state index in [2.05, 4.69) is 15.6 Å². The maximum Gasteiger partial charge on any atom is 0.195 e. The van der Waals surface area contributed by atoms with Gasteiger partial charge in [-0.2, -0.15) is 0 Å². The molecule has 8 heteroatoms. The number of sulfone groups is 1. The van der Waals surface area contributed by atoms with Crippen LogP contribution in [0.1, 0.15) is 19.8 Å². The van der Waals surface area contributed by atoms with Crippen molar-refractivity contribution in [1.82, 2.24) is 5.32 Å². The fourth-order valence-corrected chi connectivity index (χ4v) is 4.22. The average molecular weight is 369 g/mol. The third-order valence-electron chi connectivity index (χ3n) is 4.11. The SMILES string of the molecule is CCOc1cc(NC(=NC)NCC2(CS(C)(=O)=O)CC2)ccc1OC. The molecule has 1 aliphatic carbocycles. The normalized spacial score (nSPS) is 16.2. The summed E-state index contributed by atoms with van der Waals surface area (Å²) in [6.45, 7) is 3.03. The molecule has 0 aromatic heterocycles. The zero-order chi connectivity index (χ0) is 18.5. The van der Waals surface area contributed by atoms with Crippen LogP contribution in [0.25, 0.3) is 0 Å². The van der Waals surface area contributed by atoms with Gasteiger partial charge in [0.2, 0.25) is 0 Å². The summed E-state index contributed by atoms with van der Waals surface area (Å²) in [6, 6.07) is 5.54. The van der Waals surface area contributed by atoms with Crippen LogP contribution < -0.4 is 20.1 Å². The molecule has 0 unspecified atom stereocenters. The number of ether oxygens (including phenoxy) is 2. The largest absolute Gasteiger partial charge is 0.493 e. The Morgan fingerprint density at radius 1 is 1.32 bits per heavy atom. The number of aliphatic imine (C=N–C) groups is 1. The molecule has 140 valence electrons. The Morgan fingerprint density at radius 3 is 2.56 bits per heavy atom. The van der Waals surface area contributed by atoms with Crippen molar-refractivity contribution in [3.63, 3.8) is 0 Å². The van der Waals surface area contributed by atoms with Crippen molar-refractivity contribution in [3.05, 3.63) is 18.2 Å². The number of methoxy groups -OCH3 is 1. The van der Waals surface area contributed by atoms with Crippen LogP contribution >= 0.6 is 0 Å². The minimum absolute atomic E-state index is 0.165. The summed E-state index contributed by atoms with van der Waals surface area (Å²) in [4.78, 5) is 4.20. The van der Waals surface area contributed by atoms with Gasteiger partial charge < -0.3 is 20.1 Å². The lowest BCUT2D eigenvalue weighted by atomic mass is 10.1. The lowest BCUT2D eigenvalue weighted by Gasteiger charge is -2.18. The van der Waals surface area contributed by atoms with E-state index in [9.17, 15) is 8.42 Å². The maximum atomic E-state index is 11.6. The molecule has 0 aliphatic heterocycles. The zero-order valence-electron chi connectivity index (χ0n) is 15.3. The second-order valence-corrected chi connectivity index (χ2v) is 8.56. The van der Waals surface area contributed by atoms with E-state index in [1.165, 1.54) is 6.26 Å². The smallest absolute Gasteiger partial charge is 0.195 e. The maximum absolute atomic E-state index is 11.6. The van der Waals surface area contributed by atoms with E-state index in [0.717, 1.165) is 18.5 Å². The molecular weight excluding hydrogens is 342 g/mol. The van der Waals surface area contributed by atoms with Gasteiger partial charge in [0.1, 0.15) is 9.84 Å². The van der Waals surface area contributed by atoms with Gasteiger partial charge in [-0.1, -0.05) is 0 Å².